The summed E-state index contributed by atoms with van der Waals surface area (Å²) in [6, 6.07) is 0. The average molecular weight is 190 g/mol. The van der Waals surface area contributed by atoms with Gasteiger partial charge in [-0.25, -0.2) is 0 Å². The second-order valence-electron chi connectivity index (χ2n) is 3.06. The summed E-state index contributed by atoms with van der Waals surface area (Å²) in [5, 5.41) is 18.6. The molecule has 0 aromatic rings. The summed E-state index contributed by atoms with van der Waals surface area (Å²) in [5.41, 5.74) is 0. The number of hydrogen-bond donors (Lipinski definition) is 2. The first-order valence-electron chi connectivity index (χ1n) is 4.22. The molecule has 13 heavy (non-hydrogen) atoms. The zero-order chi connectivity index (χ0) is 9.84. The van der Waals surface area contributed by atoms with Crippen molar-refractivity contribution in [1.82, 2.24) is 0 Å². The number of carbonyl (C=O) groups is 1. The Morgan fingerprint density at radius 2 is 2.31 bits per heavy atom. The van der Waals surface area contributed by atoms with Crippen molar-refractivity contribution >= 4 is 5.97 Å². The number of hydrogen-bond acceptors (Lipinski definition) is 5. The van der Waals surface area contributed by atoms with E-state index in [2.05, 4.69) is 4.74 Å². The van der Waals surface area contributed by atoms with Crippen LogP contribution in [-0.2, 0) is 14.3 Å². The molecule has 1 heterocycles. The van der Waals surface area contributed by atoms with Gasteiger partial charge in [-0.1, -0.05) is 0 Å². The average Bonchev–Trinajstić information content (AvgIpc) is 2.07. The zero-order valence-corrected chi connectivity index (χ0v) is 7.47. The van der Waals surface area contributed by atoms with E-state index in [4.69, 9.17) is 4.74 Å². The van der Waals surface area contributed by atoms with Crippen molar-refractivity contribution in [3.63, 3.8) is 0 Å². The van der Waals surface area contributed by atoms with Gasteiger partial charge < -0.3 is 19.7 Å². The number of aliphatic hydroxyl groups is 2. The van der Waals surface area contributed by atoms with Crippen molar-refractivity contribution in [1.29, 1.82) is 0 Å². The highest BCUT2D eigenvalue weighted by Gasteiger charge is 2.31. The molecule has 3 unspecified atom stereocenters. The lowest BCUT2D eigenvalue weighted by Gasteiger charge is -2.31. The molecule has 1 rings (SSSR count). The summed E-state index contributed by atoms with van der Waals surface area (Å²) in [6.45, 7) is 1.66. The lowest BCUT2D eigenvalue weighted by atomic mass is 10.0. The van der Waals surface area contributed by atoms with Crippen LogP contribution in [0.1, 0.15) is 13.3 Å². The van der Waals surface area contributed by atoms with E-state index >= 15 is 0 Å². The zero-order valence-electron chi connectivity index (χ0n) is 7.47. The Labute approximate surface area is 76.3 Å². The number of ether oxygens (including phenoxy) is 2. The third-order valence-corrected chi connectivity index (χ3v) is 1.97. The van der Waals surface area contributed by atoms with Crippen LogP contribution in [0.4, 0.5) is 0 Å². The molecule has 0 saturated carbocycles. The maximum Gasteiger partial charge on any atom is 0.302 e. The van der Waals surface area contributed by atoms with Gasteiger partial charge in [-0.2, -0.15) is 0 Å². The van der Waals surface area contributed by atoms with E-state index in [0.29, 0.717) is 13.0 Å². The van der Waals surface area contributed by atoms with Crippen molar-refractivity contribution in [2.45, 2.75) is 31.7 Å². The molecule has 0 amide bonds. The fraction of sp³-hybridized carbons (Fsp3) is 0.875. The van der Waals surface area contributed by atoms with Crippen LogP contribution in [0, 0.1) is 0 Å². The minimum absolute atomic E-state index is 0.00639. The summed E-state index contributed by atoms with van der Waals surface area (Å²) in [5.74, 6) is -0.420. The van der Waals surface area contributed by atoms with Gasteiger partial charge in [-0.05, 0) is 6.42 Å². The predicted octanol–water partition coefficient (Wildman–Crippen LogP) is -0.940. The fourth-order valence-corrected chi connectivity index (χ4v) is 1.20. The van der Waals surface area contributed by atoms with Gasteiger partial charge in [-0.3, -0.25) is 4.79 Å². The Bertz CT molecular complexity index is 181. The van der Waals surface area contributed by atoms with Gasteiger partial charge >= 0.3 is 5.97 Å². The minimum atomic E-state index is -0.965. The first kappa shape index (κ1) is 10.4. The van der Waals surface area contributed by atoms with Crippen LogP contribution in [0.15, 0.2) is 0 Å². The Hall–Kier alpha value is -0.650. The molecular formula is C8H14O5. The Morgan fingerprint density at radius 1 is 1.62 bits per heavy atom. The third-order valence-electron chi connectivity index (χ3n) is 1.97. The Kier molecular flexibility index (Phi) is 3.65. The number of esters is 1. The van der Waals surface area contributed by atoms with Crippen molar-refractivity contribution < 1.29 is 24.5 Å². The Balaban J connectivity index is 2.35. The highest BCUT2D eigenvalue weighted by molar-refractivity contribution is 5.65. The number of aliphatic hydroxyl groups excluding tert-OH is 2. The van der Waals surface area contributed by atoms with E-state index in [9.17, 15) is 15.0 Å². The molecule has 0 bridgehead atoms. The molecule has 0 spiro atoms. The van der Waals surface area contributed by atoms with Crippen LogP contribution in [0.2, 0.25) is 0 Å². The molecule has 0 aliphatic carbocycles. The van der Waals surface area contributed by atoms with Gasteiger partial charge in [0.25, 0.3) is 0 Å². The molecule has 1 saturated heterocycles. The van der Waals surface area contributed by atoms with E-state index in [-0.39, 0.29) is 6.61 Å². The maximum atomic E-state index is 10.5. The molecule has 1 aliphatic heterocycles. The highest BCUT2D eigenvalue weighted by Crippen LogP contribution is 2.14. The number of carbonyl (C=O) groups excluding carboxylic acids is 1. The molecule has 76 valence electrons. The molecule has 0 aromatic carbocycles. The number of rotatable bonds is 2. The summed E-state index contributed by atoms with van der Waals surface area (Å²) in [7, 11) is 0. The molecule has 5 nitrogen and oxygen atoms in total. The van der Waals surface area contributed by atoms with Crippen LogP contribution < -0.4 is 0 Å². The molecule has 5 heteroatoms. The molecule has 2 N–H and O–H groups in total. The van der Waals surface area contributed by atoms with Crippen LogP contribution in [-0.4, -0.2) is 47.7 Å². The van der Waals surface area contributed by atoms with E-state index in [1.165, 1.54) is 6.92 Å². The summed E-state index contributed by atoms with van der Waals surface area (Å²) < 4.78 is 9.79. The standard InChI is InChI=1S/C8H14O5/c1-5(9)13-4-7-8(11)6(10)2-3-12-7/h6-8,10-11H,2-4H2,1H3. The van der Waals surface area contributed by atoms with Gasteiger partial charge in [0.15, 0.2) is 0 Å². The molecule has 1 fully saturated rings. The van der Waals surface area contributed by atoms with E-state index < -0.39 is 24.3 Å². The van der Waals surface area contributed by atoms with Gasteiger partial charge in [0, 0.05) is 13.5 Å². The summed E-state index contributed by atoms with van der Waals surface area (Å²) in [4.78, 5) is 10.5. The molecular weight excluding hydrogens is 176 g/mol. The van der Waals surface area contributed by atoms with Crippen molar-refractivity contribution in [3.05, 3.63) is 0 Å². The monoisotopic (exact) mass is 190 g/mol. The summed E-state index contributed by atoms with van der Waals surface area (Å²) in [6.07, 6.45) is -1.94. The first-order valence-corrected chi connectivity index (χ1v) is 4.22. The van der Waals surface area contributed by atoms with E-state index in [0.717, 1.165) is 0 Å². The van der Waals surface area contributed by atoms with Crippen molar-refractivity contribution in [2.24, 2.45) is 0 Å². The topological polar surface area (TPSA) is 76.0 Å². The van der Waals surface area contributed by atoms with Gasteiger partial charge in [0.2, 0.25) is 0 Å². The molecule has 0 aromatic heterocycles. The van der Waals surface area contributed by atoms with Crippen LogP contribution in [0.25, 0.3) is 0 Å². The second kappa shape index (κ2) is 4.55. The smallest absolute Gasteiger partial charge is 0.302 e. The first-order chi connectivity index (χ1) is 6.11. The Morgan fingerprint density at radius 3 is 2.92 bits per heavy atom. The van der Waals surface area contributed by atoms with E-state index in [1.807, 2.05) is 0 Å². The van der Waals surface area contributed by atoms with Crippen LogP contribution >= 0.6 is 0 Å². The quantitative estimate of drug-likeness (QED) is 0.550. The van der Waals surface area contributed by atoms with Crippen molar-refractivity contribution in [2.75, 3.05) is 13.2 Å². The van der Waals surface area contributed by atoms with Crippen LogP contribution in [0.3, 0.4) is 0 Å². The van der Waals surface area contributed by atoms with Gasteiger partial charge in [0.05, 0.1) is 6.10 Å². The predicted molar refractivity (Wildman–Crippen MR) is 43.0 cm³/mol. The maximum absolute atomic E-state index is 10.5. The fourth-order valence-electron chi connectivity index (χ4n) is 1.20. The second-order valence-corrected chi connectivity index (χ2v) is 3.06. The van der Waals surface area contributed by atoms with Gasteiger partial charge in [0.1, 0.15) is 18.8 Å². The van der Waals surface area contributed by atoms with E-state index in [1.54, 1.807) is 0 Å². The van der Waals surface area contributed by atoms with Gasteiger partial charge in [-0.15, -0.1) is 0 Å². The third kappa shape index (κ3) is 2.95. The molecule has 3 atom stereocenters. The minimum Gasteiger partial charge on any atom is -0.463 e. The largest absolute Gasteiger partial charge is 0.463 e. The SMILES string of the molecule is CC(=O)OCC1OCCC(O)C1O. The summed E-state index contributed by atoms with van der Waals surface area (Å²) >= 11 is 0. The normalized spacial score (nSPS) is 34.2. The van der Waals surface area contributed by atoms with Crippen molar-refractivity contribution in [3.8, 4) is 0 Å². The highest BCUT2D eigenvalue weighted by atomic mass is 16.6. The lowest BCUT2D eigenvalue weighted by molar-refractivity contribution is -0.167. The van der Waals surface area contributed by atoms with Crippen LogP contribution in [0.5, 0.6) is 0 Å². The molecule has 1 aliphatic rings. The molecule has 0 radical (unpaired) electrons. The lowest BCUT2D eigenvalue weighted by Crippen LogP contribution is -2.46.